The van der Waals surface area contributed by atoms with Gasteiger partial charge in [-0.2, -0.15) is 0 Å². The second-order valence-corrected chi connectivity index (χ2v) is 7.00. The van der Waals surface area contributed by atoms with Crippen molar-refractivity contribution in [3.05, 3.63) is 24.0 Å². The molecule has 0 atom stereocenters. The van der Waals surface area contributed by atoms with E-state index in [9.17, 15) is 0 Å². The van der Waals surface area contributed by atoms with Crippen molar-refractivity contribution >= 4 is 5.69 Å². The van der Waals surface area contributed by atoms with Crippen LogP contribution in [0.1, 0.15) is 52.7 Å². The number of anilines is 1. The van der Waals surface area contributed by atoms with Crippen LogP contribution in [0.5, 0.6) is 0 Å². The van der Waals surface area contributed by atoms with Crippen LogP contribution < -0.4 is 10.2 Å². The van der Waals surface area contributed by atoms with Gasteiger partial charge in [0.25, 0.3) is 0 Å². The van der Waals surface area contributed by atoms with E-state index in [1.54, 1.807) is 0 Å². The molecule has 0 aliphatic heterocycles. The fraction of sp³-hybridized carbons (Fsp3) is 0.706. The molecular weight excluding hydrogens is 246 g/mol. The summed E-state index contributed by atoms with van der Waals surface area (Å²) in [6.07, 6.45) is 5.96. The van der Waals surface area contributed by atoms with Gasteiger partial charge in [-0.25, -0.2) is 0 Å². The lowest BCUT2D eigenvalue weighted by Crippen LogP contribution is -2.35. The molecule has 0 unspecified atom stereocenters. The van der Waals surface area contributed by atoms with Crippen LogP contribution in [0, 0.1) is 5.92 Å². The molecule has 0 bridgehead atoms. The van der Waals surface area contributed by atoms with Gasteiger partial charge >= 0.3 is 0 Å². The number of hydrogen-bond acceptors (Lipinski definition) is 3. The Bertz CT molecular complexity index is 418. The van der Waals surface area contributed by atoms with Crippen molar-refractivity contribution in [2.45, 2.75) is 59.0 Å². The van der Waals surface area contributed by atoms with E-state index in [0.717, 1.165) is 24.7 Å². The van der Waals surface area contributed by atoms with Crippen LogP contribution >= 0.6 is 0 Å². The van der Waals surface area contributed by atoms with Gasteiger partial charge in [-0.3, -0.25) is 4.98 Å². The molecule has 3 heteroatoms. The molecule has 1 heterocycles. The van der Waals surface area contributed by atoms with Crippen molar-refractivity contribution in [3.63, 3.8) is 0 Å². The maximum atomic E-state index is 4.49. The molecule has 0 saturated heterocycles. The molecule has 3 nitrogen and oxygen atoms in total. The van der Waals surface area contributed by atoms with Crippen molar-refractivity contribution < 1.29 is 0 Å². The normalized spacial score (nSPS) is 15.4. The van der Waals surface area contributed by atoms with Crippen LogP contribution in [-0.2, 0) is 6.54 Å². The van der Waals surface area contributed by atoms with Crippen LogP contribution in [0.25, 0.3) is 0 Å². The molecule has 1 aliphatic rings. The Kier molecular flexibility index (Phi) is 5.03. The summed E-state index contributed by atoms with van der Waals surface area (Å²) in [6.45, 7) is 12.0. The Morgan fingerprint density at radius 1 is 1.35 bits per heavy atom. The van der Waals surface area contributed by atoms with Crippen molar-refractivity contribution in [3.8, 4) is 0 Å². The average molecular weight is 275 g/mol. The SMILES string of the molecule is CCCN(CC1CC1)c1ccnc(CNC(C)(C)C)c1. The maximum absolute atomic E-state index is 4.49. The Morgan fingerprint density at radius 3 is 2.70 bits per heavy atom. The first-order valence-corrected chi connectivity index (χ1v) is 7.93. The molecule has 20 heavy (non-hydrogen) atoms. The van der Waals surface area contributed by atoms with Gasteiger partial charge in [-0.1, -0.05) is 6.92 Å². The van der Waals surface area contributed by atoms with Gasteiger partial charge in [0.15, 0.2) is 0 Å². The molecule has 112 valence electrons. The molecule has 0 radical (unpaired) electrons. The highest BCUT2D eigenvalue weighted by Crippen LogP contribution is 2.31. The van der Waals surface area contributed by atoms with Crippen molar-refractivity contribution in [2.75, 3.05) is 18.0 Å². The molecule has 1 saturated carbocycles. The first-order chi connectivity index (χ1) is 9.48. The molecule has 1 N–H and O–H groups in total. The van der Waals surface area contributed by atoms with E-state index < -0.39 is 0 Å². The quantitative estimate of drug-likeness (QED) is 0.824. The zero-order valence-corrected chi connectivity index (χ0v) is 13.4. The highest BCUT2D eigenvalue weighted by molar-refractivity contribution is 5.46. The third kappa shape index (κ3) is 5.12. The third-order valence-electron chi connectivity index (χ3n) is 3.63. The predicted octanol–water partition coefficient (Wildman–Crippen LogP) is 3.60. The summed E-state index contributed by atoms with van der Waals surface area (Å²) >= 11 is 0. The van der Waals surface area contributed by atoms with Gasteiger partial charge in [0.2, 0.25) is 0 Å². The van der Waals surface area contributed by atoms with Crippen LogP contribution in [0.3, 0.4) is 0 Å². The Hall–Kier alpha value is -1.09. The Morgan fingerprint density at radius 2 is 2.10 bits per heavy atom. The van der Waals surface area contributed by atoms with E-state index in [2.05, 4.69) is 55.0 Å². The van der Waals surface area contributed by atoms with Gasteiger partial charge in [-0.05, 0) is 58.1 Å². The summed E-state index contributed by atoms with van der Waals surface area (Å²) in [5.41, 5.74) is 2.60. The van der Waals surface area contributed by atoms with Gasteiger partial charge < -0.3 is 10.2 Å². The zero-order valence-electron chi connectivity index (χ0n) is 13.4. The molecule has 0 aromatic carbocycles. The molecule has 2 rings (SSSR count). The lowest BCUT2D eigenvalue weighted by molar-refractivity contribution is 0.421. The molecule has 1 aromatic heterocycles. The number of nitrogens with zero attached hydrogens (tertiary/aromatic N) is 2. The van der Waals surface area contributed by atoms with E-state index in [0.29, 0.717) is 0 Å². The molecular formula is C17H29N3. The minimum atomic E-state index is 0.134. The van der Waals surface area contributed by atoms with E-state index in [4.69, 9.17) is 0 Å². The van der Waals surface area contributed by atoms with Crippen molar-refractivity contribution in [2.24, 2.45) is 5.92 Å². The summed E-state index contributed by atoms with van der Waals surface area (Å²) in [7, 11) is 0. The zero-order chi connectivity index (χ0) is 14.6. The first kappa shape index (κ1) is 15.3. The van der Waals surface area contributed by atoms with E-state index in [1.165, 1.54) is 31.5 Å². The standard InChI is InChI=1S/C17H29N3/c1-5-10-20(13-14-6-7-14)16-8-9-18-15(11-16)12-19-17(2,3)4/h8-9,11,14,19H,5-7,10,12-13H2,1-4H3. The predicted molar refractivity (Wildman–Crippen MR) is 86.1 cm³/mol. The van der Waals surface area contributed by atoms with Crippen LogP contribution in [-0.4, -0.2) is 23.6 Å². The maximum Gasteiger partial charge on any atom is 0.0562 e. The smallest absolute Gasteiger partial charge is 0.0562 e. The fourth-order valence-electron chi connectivity index (χ4n) is 2.32. The number of nitrogens with one attached hydrogen (secondary N) is 1. The van der Waals surface area contributed by atoms with Crippen LogP contribution in [0.4, 0.5) is 5.69 Å². The Balaban J connectivity index is 2.01. The van der Waals surface area contributed by atoms with Crippen molar-refractivity contribution in [1.29, 1.82) is 0 Å². The average Bonchev–Trinajstić information content (AvgIpc) is 3.19. The summed E-state index contributed by atoms with van der Waals surface area (Å²) in [6, 6.07) is 4.40. The largest absolute Gasteiger partial charge is 0.371 e. The second-order valence-electron chi connectivity index (χ2n) is 7.00. The van der Waals surface area contributed by atoms with Crippen molar-refractivity contribution in [1.82, 2.24) is 10.3 Å². The summed E-state index contributed by atoms with van der Waals surface area (Å²) in [5, 5.41) is 3.51. The number of aromatic nitrogens is 1. The molecule has 0 amide bonds. The van der Waals surface area contributed by atoms with Crippen LogP contribution in [0.2, 0.25) is 0 Å². The summed E-state index contributed by atoms with van der Waals surface area (Å²) in [5.74, 6) is 0.922. The van der Waals surface area contributed by atoms with E-state index in [1.807, 2.05) is 6.20 Å². The molecule has 1 aromatic rings. The van der Waals surface area contributed by atoms with Gasteiger partial charge in [0, 0.05) is 37.1 Å². The lowest BCUT2D eigenvalue weighted by Gasteiger charge is -2.25. The number of pyridine rings is 1. The van der Waals surface area contributed by atoms with Gasteiger partial charge in [0.05, 0.1) is 5.69 Å². The monoisotopic (exact) mass is 275 g/mol. The summed E-state index contributed by atoms with van der Waals surface area (Å²) < 4.78 is 0. The molecule has 1 aliphatic carbocycles. The second kappa shape index (κ2) is 6.57. The number of hydrogen-bond donors (Lipinski definition) is 1. The van der Waals surface area contributed by atoms with Gasteiger partial charge in [-0.15, -0.1) is 0 Å². The van der Waals surface area contributed by atoms with E-state index >= 15 is 0 Å². The Labute approximate surface area is 123 Å². The lowest BCUT2D eigenvalue weighted by atomic mass is 10.1. The first-order valence-electron chi connectivity index (χ1n) is 7.93. The highest BCUT2D eigenvalue weighted by atomic mass is 15.1. The highest BCUT2D eigenvalue weighted by Gasteiger charge is 2.24. The fourth-order valence-corrected chi connectivity index (χ4v) is 2.32. The minimum absolute atomic E-state index is 0.134. The van der Waals surface area contributed by atoms with E-state index in [-0.39, 0.29) is 5.54 Å². The summed E-state index contributed by atoms with van der Waals surface area (Å²) in [4.78, 5) is 7.02. The number of rotatable bonds is 7. The molecule has 1 fully saturated rings. The molecule has 0 spiro atoms. The van der Waals surface area contributed by atoms with Crippen LogP contribution in [0.15, 0.2) is 18.3 Å². The third-order valence-corrected chi connectivity index (χ3v) is 3.63. The minimum Gasteiger partial charge on any atom is -0.371 e. The topological polar surface area (TPSA) is 28.2 Å². The van der Waals surface area contributed by atoms with Gasteiger partial charge in [0.1, 0.15) is 0 Å².